The summed E-state index contributed by atoms with van der Waals surface area (Å²) in [5.41, 5.74) is -0.412. The molecule has 7 nitrogen and oxygen atoms in total. The van der Waals surface area contributed by atoms with Crippen LogP contribution in [0, 0.1) is 0 Å². The summed E-state index contributed by atoms with van der Waals surface area (Å²) in [6, 6.07) is -0.838. The SMILES string of the molecule is O=C(O)[C@H]1CCCN1C(=O)c1cnc2n(c1=O)CCS2. The summed E-state index contributed by atoms with van der Waals surface area (Å²) < 4.78 is 1.48. The van der Waals surface area contributed by atoms with Crippen molar-refractivity contribution in [3.05, 3.63) is 22.1 Å². The molecule has 8 heteroatoms. The van der Waals surface area contributed by atoms with Gasteiger partial charge in [-0.1, -0.05) is 11.8 Å². The summed E-state index contributed by atoms with van der Waals surface area (Å²) in [5, 5.41) is 9.72. The summed E-state index contributed by atoms with van der Waals surface area (Å²) in [4.78, 5) is 41.1. The molecule has 2 aliphatic heterocycles. The Kier molecular flexibility index (Phi) is 3.25. The number of fused-ring (bicyclic) bond motifs is 1. The van der Waals surface area contributed by atoms with E-state index in [2.05, 4.69) is 4.98 Å². The van der Waals surface area contributed by atoms with Crippen molar-refractivity contribution >= 4 is 23.6 Å². The minimum absolute atomic E-state index is 0.0376. The van der Waals surface area contributed by atoms with Gasteiger partial charge in [-0.15, -0.1) is 0 Å². The molecule has 0 saturated carbocycles. The number of aliphatic carboxylic acids is 1. The maximum atomic E-state index is 12.4. The van der Waals surface area contributed by atoms with Gasteiger partial charge in [-0.3, -0.25) is 14.2 Å². The van der Waals surface area contributed by atoms with Crippen molar-refractivity contribution in [1.82, 2.24) is 14.5 Å². The van der Waals surface area contributed by atoms with Gasteiger partial charge in [-0.25, -0.2) is 9.78 Å². The highest BCUT2D eigenvalue weighted by Gasteiger charge is 2.36. The molecule has 0 aromatic carbocycles. The molecule has 1 N–H and O–H groups in total. The van der Waals surface area contributed by atoms with E-state index in [4.69, 9.17) is 5.11 Å². The first-order chi connectivity index (χ1) is 9.59. The number of hydrogen-bond donors (Lipinski definition) is 1. The number of carbonyl (C=O) groups excluding carboxylic acids is 1. The molecule has 0 aliphatic carbocycles. The van der Waals surface area contributed by atoms with Gasteiger partial charge in [-0.2, -0.15) is 0 Å². The van der Waals surface area contributed by atoms with E-state index < -0.39 is 17.9 Å². The van der Waals surface area contributed by atoms with Gasteiger partial charge in [0.2, 0.25) is 0 Å². The Morgan fingerprint density at radius 2 is 2.20 bits per heavy atom. The lowest BCUT2D eigenvalue weighted by Gasteiger charge is -2.21. The summed E-state index contributed by atoms with van der Waals surface area (Å²) in [7, 11) is 0. The lowest BCUT2D eigenvalue weighted by molar-refractivity contribution is -0.141. The average molecular weight is 295 g/mol. The maximum Gasteiger partial charge on any atom is 0.326 e. The van der Waals surface area contributed by atoms with Crippen LogP contribution in [-0.4, -0.2) is 49.8 Å². The van der Waals surface area contributed by atoms with Crippen molar-refractivity contribution in [3.63, 3.8) is 0 Å². The number of rotatable bonds is 2. The smallest absolute Gasteiger partial charge is 0.326 e. The number of thioether (sulfide) groups is 1. The number of carboxylic acid groups (broad SMARTS) is 1. The molecular formula is C12H13N3O4S. The predicted octanol–water partition coefficient (Wildman–Crippen LogP) is 0.0382. The molecule has 1 atom stereocenters. The minimum atomic E-state index is -1.03. The molecule has 0 spiro atoms. The van der Waals surface area contributed by atoms with Crippen LogP contribution in [0.25, 0.3) is 0 Å². The van der Waals surface area contributed by atoms with Gasteiger partial charge >= 0.3 is 5.97 Å². The van der Waals surface area contributed by atoms with Gasteiger partial charge in [0.05, 0.1) is 0 Å². The fraction of sp³-hybridized carbons (Fsp3) is 0.500. The Morgan fingerprint density at radius 1 is 1.40 bits per heavy atom. The van der Waals surface area contributed by atoms with Crippen LogP contribution in [-0.2, 0) is 11.3 Å². The minimum Gasteiger partial charge on any atom is -0.480 e. The van der Waals surface area contributed by atoms with Crippen LogP contribution < -0.4 is 5.56 Å². The van der Waals surface area contributed by atoms with Crippen LogP contribution in [0.3, 0.4) is 0 Å². The van der Waals surface area contributed by atoms with Crippen LogP contribution in [0.1, 0.15) is 23.2 Å². The third kappa shape index (κ3) is 2.00. The third-order valence-electron chi connectivity index (χ3n) is 3.59. The molecule has 1 saturated heterocycles. The van der Waals surface area contributed by atoms with Gasteiger partial charge in [0, 0.05) is 25.0 Å². The molecule has 1 aromatic heterocycles. The lowest BCUT2D eigenvalue weighted by atomic mass is 10.2. The zero-order valence-corrected chi connectivity index (χ0v) is 11.4. The van der Waals surface area contributed by atoms with Crippen LogP contribution in [0.4, 0.5) is 0 Å². The Bertz CT molecular complexity index is 642. The number of likely N-dealkylation sites (tertiary alicyclic amines) is 1. The van der Waals surface area contributed by atoms with Gasteiger partial charge in [0.1, 0.15) is 11.6 Å². The van der Waals surface area contributed by atoms with E-state index in [1.807, 2.05) is 0 Å². The molecule has 1 fully saturated rings. The van der Waals surface area contributed by atoms with Crippen LogP contribution in [0.15, 0.2) is 16.1 Å². The quantitative estimate of drug-likeness (QED) is 0.774. The molecule has 1 aromatic rings. The van der Waals surface area contributed by atoms with E-state index in [0.29, 0.717) is 31.1 Å². The second-order valence-corrected chi connectivity index (χ2v) is 5.82. The molecule has 2 aliphatic rings. The highest BCUT2D eigenvalue weighted by Crippen LogP contribution is 2.22. The second-order valence-electron chi connectivity index (χ2n) is 4.75. The molecule has 3 rings (SSSR count). The monoisotopic (exact) mass is 295 g/mol. The summed E-state index contributed by atoms with van der Waals surface area (Å²) in [5.74, 6) is -0.790. The zero-order valence-electron chi connectivity index (χ0n) is 10.6. The number of aromatic nitrogens is 2. The molecule has 3 heterocycles. The van der Waals surface area contributed by atoms with Crippen molar-refractivity contribution in [2.45, 2.75) is 30.6 Å². The first-order valence-electron chi connectivity index (χ1n) is 6.36. The Morgan fingerprint density at radius 3 is 2.95 bits per heavy atom. The van der Waals surface area contributed by atoms with E-state index in [0.717, 1.165) is 5.75 Å². The maximum absolute atomic E-state index is 12.4. The molecule has 1 amide bonds. The van der Waals surface area contributed by atoms with Gasteiger partial charge in [-0.05, 0) is 12.8 Å². The lowest BCUT2D eigenvalue weighted by Crippen LogP contribution is -2.43. The van der Waals surface area contributed by atoms with Crippen molar-refractivity contribution in [3.8, 4) is 0 Å². The second kappa shape index (κ2) is 4.93. The van der Waals surface area contributed by atoms with Crippen LogP contribution >= 0.6 is 11.8 Å². The van der Waals surface area contributed by atoms with Crippen LogP contribution in [0.2, 0.25) is 0 Å². The van der Waals surface area contributed by atoms with Crippen molar-refractivity contribution in [1.29, 1.82) is 0 Å². The van der Waals surface area contributed by atoms with Crippen LogP contribution in [0.5, 0.6) is 0 Å². The number of amides is 1. The first kappa shape index (κ1) is 13.2. The summed E-state index contributed by atoms with van der Waals surface area (Å²) in [6.45, 7) is 0.904. The molecule has 0 radical (unpaired) electrons. The largest absolute Gasteiger partial charge is 0.480 e. The summed E-state index contributed by atoms with van der Waals surface area (Å²) in [6.07, 6.45) is 2.33. The molecule has 20 heavy (non-hydrogen) atoms. The predicted molar refractivity (Wildman–Crippen MR) is 70.9 cm³/mol. The molecule has 106 valence electrons. The first-order valence-corrected chi connectivity index (χ1v) is 7.34. The molecule has 0 bridgehead atoms. The van der Waals surface area contributed by atoms with Crippen molar-refractivity contribution in [2.24, 2.45) is 0 Å². The van der Waals surface area contributed by atoms with Gasteiger partial charge in [0.25, 0.3) is 11.5 Å². The zero-order chi connectivity index (χ0) is 14.3. The standard InChI is InChI=1S/C12H13N3O4S/c16-9(14-3-1-2-8(14)11(18)19)7-6-13-12-15(10(7)17)4-5-20-12/h6,8H,1-5H2,(H,18,19)/t8-/m1/s1. The van der Waals surface area contributed by atoms with E-state index in [1.165, 1.54) is 27.4 Å². The van der Waals surface area contributed by atoms with E-state index in [1.54, 1.807) is 0 Å². The highest BCUT2D eigenvalue weighted by molar-refractivity contribution is 7.99. The number of carbonyl (C=O) groups is 2. The number of carboxylic acids is 1. The molecular weight excluding hydrogens is 282 g/mol. The Balaban J connectivity index is 1.96. The van der Waals surface area contributed by atoms with E-state index in [-0.39, 0.29) is 11.1 Å². The average Bonchev–Trinajstić information content (AvgIpc) is 3.07. The van der Waals surface area contributed by atoms with Crippen molar-refractivity contribution < 1.29 is 14.7 Å². The fourth-order valence-corrected chi connectivity index (χ4v) is 3.50. The molecule has 0 unspecified atom stereocenters. The van der Waals surface area contributed by atoms with E-state index >= 15 is 0 Å². The number of hydrogen-bond acceptors (Lipinski definition) is 5. The van der Waals surface area contributed by atoms with Crippen molar-refractivity contribution in [2.75, 3.05) is 12.3 Å². The Labute approximate surface area is 118 Å². The topological polar surface area (TPSA) is 92.5 Å². The summed E-state index contributed by atoms with van der Waals surface area (Å²) >= 11 is 1.47. The highest BCUT2D eigenvalue weighted by atomic mass is 32.2. The normalized spacial score (nSPS) is 21.0. The third-order valence-corrected chi connectivity index (χ3v) is 4.56. The Hall–Kier alpha value is -1.83. The van der Waals surface area contributed by atoms with E-state index in [9.17, 15) is 14.4 Å². The van der Waals surface area contributed by atoms with Gasteiger partial charge in [0.15, 0.2) is 5.16 Å². The van der Waals surface area contributed by atoms with Gasteiger partial charge < -0.3 is 10.0 Å². The number of nitrogens with zero attached hydrogens (tertiary/aromatic N) is 3. The fourth-order valence-electron chi connectivity index (χ4n) is 2.59.